The van der Waals surface area contributed by atoms with E-state index in [1.165, 1.54) is 17.7 Å². The van der Waals surface area contributed by atoms with E-state index in [-0.39, 0.29) is 5.25 Å². The Balaban J connectivity index is 1.39. The maximum atomic E-state index is 12.4. The molecule has 22 heavy (non-hydrogen) atoms. The van der Waals surface area contributed by atoms with Gasteiger partial charge < -0.3 is 9.47 Å². The standard InChI is InChI=1S/C15H18N4OS2/c20-14-13(6-8-19(14)11-3-4-11)22-15-17-16-10-18(15)7-5-12-2-1-9-21-12/h1-2,9-11,13H,3-8H2/t13-/m0/s1. The van der Waals surface area contributed by atoms with E-state index in [4.69, 9.17) is 0 Å². The van der Waals surface area contributed by atoms with Crippen molar-refractivity contribution in [3.8, 4) is 0 Å². The van der Waals surface area contributed by atoms with Crippen molar-refractivity contribution in [2.24, 2.45) is 0 Å². The molecular formula is C15H18N4OS2. The zero-order valence-corrected chi connectivity index (χ0v) is 13.9. The van der Waals surface area contributed by atoms with E-state index in [1.54, 1.807) is 29.4 Å². The van der Waals surface area contributed by atoms with Gasteiger partial charge in [0.1, 0.15) is 6.33 Å². The van der Waals surface area contributed by atoms with Crippen LogP contribution in [0.4, 0.5) is 0 Å². The highest BCUT2D eigenvalue weighted by molar-refractivity contribution is 8.00. The van der Waals surface area contributed by atoms with Crippen molar-refractivity contribution in [1.82, 2.24) is 19.7 Å². The summed E-state index contributed by atoms with van der Waals surface area (Å²) in [5, 5.41) is 11.2. The quantitative estimate of drug-likeness (QED) is 0.814. The number of aryl methyl sites for hydroxylation is 2. The molecule has 116 valence electrons. The molecular weight excluding hydrogens is 316 g/mol. The molecule has 2 aliphatic rings. The van der Waals surface area contributed by atoms with Gasteiger partial charge in [-0.05, 0) is 37.1 Å². The Labute approximate surface area is 137 Å². The summed E-state index contributed by atoms with van der Waals surface area (Å²) in [6.45, 7) is 1.77. The number of carbonyl (C=O) groups excluding carboxylic acids is 1. The number of likely N-dealkylation sites (tertiary alicyclic amines) is 1. The molecule has 2 fully saturated rings. The van der Waals surface area contributed by atoms with Crippen LogP contribution in [0.5, 0.6) is 0 Å². The minimum absolute atomic E-state index is 0.0188. The van der Waals surface area contributed by atoms with Gasteiger partial charge in [-0.15, -0.1) is 21.5 Å². The first-order valence-corrected chi connectivity index (χ1v) is 9.44. The zero-order chi connectivity index (χ0) is 14.9. The number of hydrogen-bond donors (Lipinski definition) is 0. The van der Waals surface area contributed by atoms with E-state index in [0.29, 0.717) is 11.9 Å². The molecule has 1 amide bonds. The molecule has 1 saturated heterocycles. The Morgan fingerprint density at radius 3 is 3.05 bits per heavy atom. The van der Waals surface area contributed by atoms with Crippen LogP contribution in [-0.4, -0.2) is 43.4 Å². The van der Waals surface area contributed by atoms with Gasteiger partial charge in [0.25, 0.3) is 0 Å². The smallest absolute Gasteiger partial charge is 0.236 e. The van der Waals surface area contributed by atoms with Crippen molar-refractivity contribution >= 4 is 29.0 Å². The van der Waals surface area contributed by atoms with Crippen molar-refractivity contribution in [2.45, 2.75) is 48.7 Å². The Morgan fingerprint density at radius 2 is 2.27 bits per heavy atom. The van der Waals surface area contributed by atoms with Crippen molar-refractivity contribution in [3.63, 3.8) is 0 Å². The third kappa shape index (κ3) is 2.92. The lowest BCUT2D eigenvalue weighted by Crippen LogP contribution is -2.30. The summed E-state index contributed by atoms with van der Waals surface area (Å²) in [5.74, 6) is 0.292. The van der Waals surface area contributed by atoms with Crippen LogP contribution in [0.25, 0.3) is 0 Å². The third-order valence-electron chi connectivity index (χ3n) is 4.19. The Morgan fingerprint density at radius 1 is 1.36 bits per heavy atom. The van der Waals surface area contributed by atoms with Crippen LogP contribution in [0.1, 0.15) is 24.1 Å². The number of carbonyl (C=O) groups is 1. The van der Waals surface area contributed by atoms with Gasteiger partial charge in [-0.1, -0.05) is 17.8 Å². The van der Waals surface area contributed by atoms with Gasteiger partial charge in [0.2, 0.25) is 5.91 Å². The highest BCUT2D eigenvalue weighted by Gasteiger charge is 2.41. The first kappa shape index (κ1) is 14.3. The monoisotopic (exact) mass is 334 g/mol. The molecule has 0 N–H and O–H groups in total. The van der Waals surface area contributed by atoms with E-state index in [1.807, 2.05) is 0 Å². The minimum Gasteiger partial charge on any atom is -0.339 e. The number of hydrogen-bond acceptors (Lipinski definition) is 5. The lowest BCUT2D eigenvalue weighted by molar-refractivity contribution is -0.127. The largest absolute Gasteiger partial charge is 0.339 e. The Hall–Kier alpha value is -1.34. The van der Waals surface area contributed by atoms with Crippen molar-refractivity contribution in [1.29, 1.82) is 0 Å². The second-order valence-electron chi connectivity index (χ2n) is 5.79. The first-order valence-electron chi connectivity index (χ1n) is 7.68. The van der Waals surface area contributed by atoms with Crippen molar-refractivity contribution in [2.75, 3.05) is 6.54 Å². The second-order valence-corrected chi connectivity index (χ2v) is 8.00. The molecule has 0 radical (unpaired) electrons. The molecule has 1 aliphatic carbocycles. The molecule has 4 rings (SSSR count). The Bertz CT molecular complexity index is 650. The van der Waals surface area contributed by atoms with Gasteiger partial charge in [-0.2, -0.15) is 0 Å². The van der Waals surface area contributed by atoms with E-state index >= 15 is 0 Å². The summed E-state index contributed by atoms with van der Waals surface area (Å²) in [7, 11) is 0. The van der Waals surface area contributed by atoms with Crippen molar-refractivity contribution in [3.05, 3.63) is 28.7 Å². The van der Waals surface area contributed by atoms with Crippen LogP contribution < -0.4 is 0 Å². The normalized spacial score (nSPS) is 21.7. The predicted octanol–water partition coefficient (Wildman–Crippen LogP) is 2.44. The minimum atomic E-state index is 0.0188. The van der Waals surface area contributed by atoms with Crippen LogP contribution in [-0.2, 0) is 17.8 Å². The average molecular weight is 334 g/mol. The van der Waals surface area contributed by atoms with Gasteiger partial charge in [0.05, 0.1) is 5.25 Å². The van der Waals surface area contributed by atoms with Crippen LogP contribution in [0.2, 0.25) is 0 Å². The molecule has 2 aromatic heterocycles. The fourth-order valence-corrected chi connectivity index (χ4v) is 4.62. The highest BCUT2D eigenvalue weighted by Crippen LogP contribution is 2.36. The lowest BCUT2D eigenvalue weighted by Gasteiger charge is -2.15. The van der Waals surface area contributed by atoms with E-state index in [0.717, 1.165) is 31.1 Å². The fourth-order valence-electron chi connectivity index (χ4n) is 2.83. The van der Waals surface area contributed by atoms with Crippen LogP contribution in [0.15, 0.2) is 29.0 Å². The van der Waals surface area contributed by atoms with Gasteiger partial charge in [0.15, 0.2) is 5.16 Å². The molecule has 0 bridgehead atoms. The SMILES string of the molecule is O=C1[C@@H](Sc2nncn2CCc2cccs2)CCN1C1CC1. The second kappa shape index (κ2) is 6.04. The Kier molecular flexibility index (Phi) is 3.92. The van der Waals surface area contributed by atoms with Crippen LogP contribution in [0.3, 0.4) is 0 Å². The number of thioether (sulfide) groups is 1. The molecule has 3 heterocycles. The molecule has 0 aromatic carbocycles. The van der Waals surface area contributed by atoms with Gasteiger partial charge in [-0.3, -0.25) is 4.79 Å². The van der Waals surface area contributed by atoms with E-state index in [9.17, 15) is 4.79 Å². The fraction of sp³-hybridized carbons (Fsp3) is 0.533. The molecule has 1 aliphatic heterocycles. The molecule has 7 heteroatoms. The highest BCUT2D eigenvalue weighted by atomic mass is 32.2. The summed E-state index contributed by atoms with van der Waals surface area (Å²) >= 11 is 3.35. The average Bonchev–Trinajstić information content (AvgIpc) is 2.92. The summed E-state index contributed by atoms with van der Waals surface area (Å²) < 4.78 is 2.07. The number of nitrogens with zero attached hydrogens (tertiary/aromatic N) is 4. The summed E-state index contributed by atoms with van der Waals surface area (Å²) in [6.07, 6.45) is 6.04. The molecule has 2 aromatic rings. The maximum Gasteiger partial charge on any atom is 0.236 e. The summed E-state index contributed by atoms with van der Waals surface area (Å²) in [5.41, 5.74) is 0. The maximum absolute atomic E-state index is 12.4. The van der Waals surface area contributed by atoms with Crippen LogP contribution >= 0.6 is 23.1 Å². The zero-order valence-electron chi connectivity index (χ0n) is 12.2. The van der Waals surface area contributed by atoms with E-state index < -0.39 is 0 Å². The molecule has 1 atom stereocenters. The van der Waals surface area contributed by atoms with Gasteiger partial charge >= 0.3 is 0 Å². The molecule has 0 unspecified atom stereocenters. The van der Waals surface area contributed by atoms with Gasteiger partial charge in [-0.25, -0.2) is 0 Å². The number of aromatic nitrogens is 3. The molecule has 0 spiro atoms. The van der Waals surface area contributed by atoms with Gasteiger partial charge in [0, 0.05) is 24.0 Å². The lowest BCUT2D eigenvalue weighted by atomic mass is 10.3. The first-order chi connectivity index (χ1) is 10.8. The third-order valence-corrected chi connectivity index (χ3v) is 6.37. The number of thiophene rings is 1. The summed E-state index contributed by atoms with van der Waals surface area (Å²) in [4.78, 5) is 15.8. The predicted molar refractivity (Wildman–Crippen MR) is 87.0 cm³/mol. The topological polar surface area (TPSA) is 51.0 Å². The van der Waals surface area contributed by atoms with Crippen molar-refractivity contribution < 1.29 is 4.79 Å². The molecule has 1 saturated carbocycles. The molecule has 5 nitrogen and oxygen atoms in total. The number of rotatable bonds is 6. The summed E-state index contributed by atoms with van der Waals surface area (Å²) in [6, 6.07) is 4.75. The van der Waals surface area contributed by atoms with Crippen LogP contribution in [0, 0.1) is 0 Å². The van der Waals surface area contributed by atoms with E-state index in [2.05, 4.69) is 37.2 Å². The number of amides is 1.